The van der Waals surface area contributed by atoms with E-state index >= 15 is 0 Å². The molecule has 3 N–H and O–H groups in total. The van der Waals surface area contributed by atoms with Crippen molar-refractivity contribution in [3.8, 4) is 0 Å². The van der Waals surface area contributed by atoms with Crippen molar-refractivity contribution in [2.75, 3.05) is 26.4 Å². The monoisotopic (exact) mass is 1010 g/mol. The summed E-state index contributed by atoms with van der Waals surface area (Å²) in [5.41, 5.74) is 5.39. The van der Waals surface area contributed by atoms with Crippen molar-refractivity contribution in [2.24, 2.45) is 5.73 Å². The van der Waals surface area contributed by atoms with Gasteiger partial charge in [-0.05, 0) is 38.5 Å². The maximum atomic E-state index is 12.7. The zero-order valence-electron chi connectivity index (χ0n) is 46.5. The molecule has 0 saturated heterocycles. The Hall–Kier alpha value is -1.25. The predicted octanol–water partition coefficient (Wildman–Crippen LogP) is 19.2. The van der Waals surface area contributed by atoms with E-state index in [-0.39, 0.29) is 38.6 Å². The number of phosphoric acid groups is 1. The summed E-state index contributed by atoms with van der Waals surface area (Å²) < 4.78 is 33.1. The summed E-state index contributed by atoms with van der Waals surface area (Å²) >= 11 is 0. The molecule has 0 aliphatic carbocycles. The molecule has 0 amide bonds. The molecule has 0 aliphatic heterocycles. The molecule has 2 unspecified atom stereocenters. The zero-order valence-corrected chi connectivity index (χ0v) is 47.4. The fraction of sp³-hybridized carbons (Fsp3) is 0.933. The molecule has 9 nitrogen and oxygen atoms in total. The molecule has 0 heterocycles. The van der Waals surface area contributed by atoms with Gasteiger partial charge < -0.3 is 20.1 Å². The van der Waals surface area contributed by atoms with Gasteiger partial charge in [0, 0.05) is 19.4 Å². The topological polar surface area (TPSA) is 134 Å². The highest BCUT2D eigenvalue weighted by molar-refractivity contribution is 7.47. The quantitative estimate of drug-likeness (QED) is 0.0264. The van der Waals surface area contributed by atoms with E-state index in [4.69, 9.17) is 24.3 Å². The molecule has 2 atom stereocenters. The van der Waals surface area contributed by atoms with E-state index in [2.05, 4.69) is 26.0 Å². The summed E-state index contributed by atoms with van der Waals surface area (Å²) in [6.45, 7) is 3.81. The van der Waals surface area contributed by atoms with E-state index in [1.807, 2.05) is 0 Å². The molecule has 0 rings (SSSR count). The summed E-state index contributed by atoms with van der Waals surface area (Å²) in [6, 6.07) is 0. The Balaban J connectivity index is 3.85. The molecule has 0 radical (unpaired) electrons. The molecule has 0 aromatic heterocycles. The van der Waals surface area contributed by atoms with E-state index in [0.29, 0.717) is 6.42 Å². The number of hydrogen-bond acceptors (Lipinski definition) is 8. The van der Waals surface area contributed by atoms with Gasteiger partial charge in [0.05, 0.1) is 13.2 Å². The SMILES string of the molecule is CCCCCCCCCC/C=C\CCCCCCCCCCCCCCCCCCCCCC(=O)OC(COC(=O)CCCCCCCCCCCCCCCCCCCC)COP(=O)(O)OCCN. The number of unbranched alkanes of at least 4 members (excludes halogenated alkanes) is 44. The minimum absolute atomic E-state index is 0.0576. The second-order valence-corrected chi connectivity index (χ2v) is 22.4. The molecule has 0 aromatic carbocycles. The minimum Gasteiger partial charge on any atom is -0.462 e. The molecule has 0 aliphatic rings. The molecular weight excluding hydrogens is 894 g/mol. The van der Waals surface area contributed by atoms with E-state index in [1.54, 1.807) is 0 Å². The molecular formula is C60H118NO8P. The lowest BCUT2D eigenvalue weighted by molar-refractivity contribution is -0.161. The Morgan fingerprint density at radius 2 is 0.700 bits per heavy atom. The van der Waals surface area contributed by atoms with Crippen LogP contribution < -0.4 is 5.73 Å². The van der Waals surface area contributed by atoms with Crippen LogP contribution >= 0.6 is 7.82 Å². The van der Waals surface area contributed by atoms with Gasteiger partial charge in [-0.15, -0.1) is 0 Å². The first-order valence-corrected chi connectivity index (χ1v) is 32.2. The molecule has 0 bridgehead atoms. The number of esters is 2. The van der Waals surface area contributed by atoms with Crippen LogP contribution in [0.1, 0.15) is 328 Å². The molecule has 416 valence electrons. The Morgan fingerprint density at radius 3 is 1.01 bits per heavy atom. The van der Waals surface area contributed by atoms with Gasteiger partial charge in [-0.25, -0.2) is 4.57 Å². The first kappa shape index (κ1) is 68.8. The third-order valence-corrected chi connectivity index (χ3v) is 14.9. The van der Waals surface area contributed by atoms with Crippen molar-refractivity contribution in [1.29, 1.82) is 0 Å². The van der Waals surface area contributed by atoms with Crippen molar-refractivity contribution < 1.29 is 37.6 Å². The Labute approximate surface area is 434 Å². The zero-order chi connectivity index (χ0) is 51.0. The fourth-order valence-electron chi connectivity index (χ4n) is 9.34. The van der Waals surface area contributed by atoms with Crippen molar-refractivity contribution in [1.82, 2.24) is 0 Å². The largest absolute Gasteiger partial charge is 0.472 e. The summed E-state index contributed by atoms with van der Waals surface area (Å²) in [5, 5.41) is 0. The Bertz CT molecular complexity index is 1150. The third-order valence-electron chi connectivity index (χ3n) is 13.9. The van der Waals surface area contributed by atoms with Crippen LogP contribution in [0.2, 0.25) is 0 Å². The first-order valence-electron chi connectivity index (χ1n) is 30.7. The fourth-order valence-corrected chi connectivity index (χ4v) is 10.1. The van der Waals surface area contributed by atoms with Crippen molar-refractivity contribution in [3.05, 3.63) is 12.2 Å². The van der Waals surface area contributed by atoms with E-state index in [0.717, 1.165) is 32.1 Å². The highest BCUT2D eigenvalue weighted by atomic mass is 31.2. The van der Waals surface area contributed by atoms with Crippen LogP contribution in [0.5, 0.6) is 0 Å². The number of hydrogen-bond donors (Lipinski definition) is 2. The average Bonchev–Trinajstić information content (AvgIpc) is 3.35. The second-order valence-electron chi connectivity index (χ2n) is 20.9. The van der Waals surface area contributed by atoms with Crippen LogP contribution in [-0.4, -0.2) is 49.3 Å². The van der Waals surface area contributed by atoms with Gasteiger partial charge in [-0.1, -0.05) is 289 Å². The average molecular weight is 1010 g/mol. The van der Waals surface area contributed by atoms with E-state index in [9.17, 15) is 19.0 Å². The van der Waals surface area contributed by atoms with Crippen LogP contribution in [0.25, 0.3) is 0 Å². The van der Waals surface area contributed by atoms with Crippen LogP contribution in [-0.2, 0) is 32.7 Å². The normalized spacial score (nSPS) is 13.0. The highest BCUT2D eigenvalue weighted by Gasteiger charge is 2.26. The van der Waals surface area contributed by atoms with Crippen LogP contribution in [0.15, 0.2) is 12.2 Å². The van der Waals surface area contributed by atoms with Gasteiger partial charge in [0.15, 0.2) is 6.10 Å². The number of rotatable bonds is 59. The number of carbonyl (C=O) groups excluding carboxylic acids is 2. The molecule has 70 heavy (non-hydrogen) atoms. The van der Waals surface area contributed by atoms with Gasteiger partial charge in [-0.3, -0.25) is 18.6 Å². The van der Waals surface area contributed by atoms with Crippen molar-refractivity contribution >= 4 is 19.8 Å². The summed E-state index contributed by atoms with van der Waals surface area (Å²) in [5.74, 6) is -0.804. The molecule has 0 spiro atoms. The minimum atomic E-state index is -4.38. The lowest BCUT2D eigenvalue weighted by Crippen LogP contribution is -2.29. The second kappa shape index (κ2) is 57.0. The maximum absolute atomic E-state index is 12.7. The number of nitrogens with two attached hydrogens (primary N) is 1. The van der Waals surface area contributed by atoms with Gasteiger partial charge in [0.1, 0.15) is 6.61 Å². The molecule has 0 saturated carbocycles. The van der Waals surface area contributed by atoms with Gasteiger partial charge in [0.2, 0.25) is 0 Å². The molecule has 0 fully saturated rings. The lowest BCUT2D eigenvalue weighted by Gasteiger charge is -2.19. The van der Waals surface area contributed by atoms with Crippen LogP contribution in [0, 0.1) is 0 Å². The standard InChI is InChI=1S/C60H118NO8P/c1-3-5-7-9-11-13-15-17-19-21-23-24-25-26-27-28-29-30-31-32-33-34-35-37-39-41-43-45-47-49-51-53-60(63)69-58(57-68-70(64,65)67-55-54-61)56-66-59(62)52-50-48-46-44-42-40-38-36-22-20-18-16-14-12-10-8-6-4-2/h21,23,58H,3-20,22,24-57,61H2,1-2H3,(H,64,65)/b23-21-. The number of ether oxygens (including phenoxy) is 2. The maximum Gasteiger partial charge on any atom is 0.472 e. The third kappa shape index (κ3) is 56.1. The van der Waals surface area contributed by atoms with Gasteiger partial charge in [-0.2, -0.15) is 0 Å². The molecule has 0 aromatic rings. The van der Waals surface area contributed by atoms with Gasteiger partial charge in [0.25, 0.3) is 0 Å². The first-order chi connectivity index (χ1) is 34.3. The van der Waals surface area contributed by atoms with E-state index < -0.39 is 26.5 Å². The lowest BCUT2D eigenvalue weighted by atomic mass is 10.0. The highest BCUT2D eigenvalue weighted by Crippen LogP contribution is 2.43. The van der Waals surface area contributed by atoms with Crippen LogP contribution in [0.4, 0.5) is 0 Å². The summed E-state index contributed by atoms with van der Waals surface area (Å²) in [4.78, 5) is 35.2. The van der Waals surface area contributed by atoms with Gasteiger partial charge >= 0.3 is 19.8 Å². The van der Waals surface area contributed by atoms with E-state index in [1.165, 1.54) is 263 Å². The number of allylic oxidation sites excluding steroid dienone is 2. The predicted molar refractivity (Wildman–Crippen MR) is 298 cm³/mol. The summed E-state index contributed by atoms with van der Waals surface area (Å²) in [7, 11) is -4.38. The van der Waals surface area contributed by atoms with Crippen LogP contribution in [0.3, 0.4) is 0 Å². The summed E-state index contributed by atoms with van der Waals surface area (Å²) in [6.07, 6.45) is 65.7. The Kier molecular flexibility index (Phi) is 56.0. The smallest absolute Gasteiger partial charge is 0.462 e. The number of phosphoric ester groups is 1. The number of carbonyl (C=O) groups is 2. The molecule has 10 heteroatoms. The van der Waals surface area contributed by atoms with Crippen molar-refractivity contribution in [3.63, 3.8) is 0 Å². The van der Waals surface area contributed by atoms with Crippen molar-refractivity contribution in [2.45, 2.75) is 335 Å². The Morgan fingerprint density at radius 1 is 0.414 bits per heavy atom.